The van der Waals surface area contributed by atoms with E-state index >= 15 is 0 Å². The minimum Gasteiger partial charge on any atom is -0.476 e. The number of nitrogens with zero attached hydrogens (tertiary/aromatic N) is 2. The third-order valence-corrected chi connectivity index (χ3v) is 1.75. The summed E-state index contributed by atoms with van der Waals surface area (Å²) in [6.07, 6.45) is 1.87. The highest BCUT2D eigenvalue weighted by molar-refractivity contribution is 6.41. The fourth-order valence-corrected chi connectivity index (χ4v) is 1.06. The molecule has 0 aliphatic rings. The van der Waals surface area contributed by atoms with Gasteiger partial charge in [-0.25, -0.2) is 9.78 Å². The Morgan fingerprint density at radius 1 is 1.61 bits per heavy atom. The monoisotopic (exact) mass is 249 g/mol. The van der Waals surface area contributed by atoms with Gasteiger partial charge in [-0.15, -0.1) is 0 Å². The molecule has 7 nitrogen and oxygen atoms in total. The Hall–Kier alpha value is -2.70. The van der Waals surface area contributed by atoms with Crippen LogP contribution in [0.4, 0.5) is 5.82 Å². The van der Waals surface area contributed by atoms with Gasteiger partial charge in [0.15, 0.2) is 0 Å². The van der Waals surface area contributed by atoms with E-state index in [9.17, 15) is 9.59 Å². The Kier molecular flexibility index (Phi) is 5.04. The Labute approximate surface area is 103 Å². The number of carbonyl (C=O) groups is 2. The molecule has 0 fully saturated rings. The summed E-state index contributed by atoms with van der Waals surface area (Å²) in [4.78, 5) is 29.9. The second-order valence-electron chi connectivity index (χ2n) is 3.00. The smallest absolute Gasteiger partial charge is 0.360 e. The van der Waals surface area contributed by atoms with E-state index in [4.69, 9.17) is 9.94 Å². The number of hydrogen-bond donors (Lipinski definition) is 2. The summed E-state index contributed by atoms with van der Waals surface area (Å²) in [7, 11) is 0. The number of anilines is 1. The number of hydrogen-bond acceptors (Lipinski definition) is 5. The van der Waals surface area contributed by atoms with E-state index in [2.05, 4.69) is 22.0 Å². The van der Waals surface area contributed by atoms with Crippen molar-refractivity contribution in [2.45, 2.75) is 0 Å². The van der Waals surface area contributed by atoms with Crippen molar-refractivity contribution in [1.82, 2.24) is 4.98 Å². The molecule has 0 atom stereocenters. The lowest BCUT2D eigenvalue weighted by Crippen LogP contribution is -2.17. The maximum absolute atomic E-state index is 11.0. The number of aromatic nitrogens is 1. The Morgan fingerprint density at radius 3 is 3.00 bits per heavy atom. The molecule has 0 saturated heterocycles. The Morgan fingerprint density at radius 2 is 2.39 bits per heavy atom. The number of pyridine rings is 1. The summed E-state index contributed by atoms with van der Waals surface area (Å²) in [5.41, 5.74) is -0.273. The molecule has 0 aromatic carbocycles. The van der Waals surface area contributed by atoms with Crippen LogP contribution in [0.1, 0.15) is 5.69 Å². The molecule has 94 valence electrons. The second-order valence-corrected chi connectivity index (χ2v) is 3.00. The first kappa shape index (κ1) is 13.4. The average molecular weight is 249 g/mol. The summed E-state index contributed by atoms with van der Waals surface area (Å²) in [5.74, 6) is -1.06. The van der Waals surface area contributed by atoms with Crippen molar-refractivity contribution >= 4 is 23.9 Å². The van der Waals surface area contributed by atoms with Gasteiger partial charge in [0, 0.05) is 0 Å². The van der Waals surface area contributed by atoms with Crippen molar-refractivity contribution < 1.29 is 19.5 Å². The molecule has 7 heteroatoms. The Balaban J connectivity index is 3.01. The number of carboxylic acids is 1. The van der Waals surface area contributed by atoms with Crippen molar-refractivity contribution in [1.29, 1.82) is 0 Å². The van der Waals surface area contributed by atoms with E-state index in [0.717, 1.165) is 0 Å². The van der Waals surface area contributed by atoms with Gasteiger partial charge in [-0.2, -0.15) is 0 Å². The fraction of sp³-hybridized carbons (Fsp3) is 0.0909. The highest BCUT2D eigenvalue weighted by Crippen LogP contribution is 2.06. The van der Waals surface area contributed by atoms with E-state index in [0.29, 0.717) is 6.41 Å². The lowest BCUT2D eigenvalue weighted by atomic mass is 10.2. The van der Waals surface area contributed by atoms with Gasteiger partial charge in [0.05, 0.1) is 0 Å². The molecular formula is C11H11N3O4. The molecule has 0 aliphatic heterocycles. The predicted molar refractivity (Wildman–Crippen MR) is 64.2 cm³/mol. The second kappa shape index (κ2) is 6.79. The molecule has 0 aliphatic carbocycles. The van der Waals surface area contributed by atoms with Crippen molar-refractivity contribution in [3.8, 4) is 0 Å². The van der Waals surface area contributed by atoms with E-state index < -0.39 is 5.97 Å². The van der Waals surface area contributed by atoms with Crippen LogP contribution >= 0.6 is 0 Å². The SMILES string of the molecule is C=CCO/N=C(\C(=O)O)c1cccc(NC=O)n1. The number of aliphatic carboxylic acids is 1. The summed E-state index contributed by atoms with van der Waals surface area (Å²) in [6, 6.07) is 4.50. The first-order valence-corrected chi connectivity index (χ1v) is 4.90. The maximum atomic E-state index is 11.0. The molecule has 0 spiro atoms. The van der Waals surface area contributed by atoms with E-state index in [1.807, 2.05) is 0 Å². The van der Waals surface area contributed by atoms with Gasteiger partial charge >= 0.3 is 5.97 Å². The first-order valence-electron chi connectivity index (χ1n) is 4.90. The van der Waals surface area contributed by atoms with E-state index in [1.54, 1.807) is 6.07 Å². The van der Waals surface area contributed by atoms with Gasteiger partial charge in [0.25, 0.3) is 0 Å². The summed E-state index contributed by atoms with van der Waals surface area (Å²) in [6.45, 7) is 3.49. The van der Waals surface area contributed by atoms with Gasteiger partial charge in [-0.3, -0.25) is 4.79 Å². The lowest BCUT2D eigenvalue weighted by molar-refractivity contribution is -0.129. The third kappa shape index (κ3) is 3.71. The average Bonchev–Trinajstić information content (AvgIpc) is 2.35. The number of carboxylic acid groups (broad SMARTS) is 1. The Bertz CT molecular complexity index is 485. The highest BCUT2D eigenvalue weighted by Gasteiger charge is 2.15. The normalized spacial score (nSPS) is 10.6. The summed E-state index contributed by atoms with van der Waals surface area (Å²) < 4.78 is 0. The van der Waals surface area contributed by atoms with Crippen molar-refractivity contribution in [3.63, 3.8) is 0 Å². The lowest BCUT2D eigenvalue weighted by Gasteiger charge is -2.03. The molecule has 18 heavy (non-hydrogen) atoms. The predicted octanol–water partition coefficient (Wildman–Crippen LogP) is 0.641. The van der Waals surface area contributed by atoms with Crippen molar-refractivity contribution in [2.24, 2.45) is 5.16 Å². The van der Waals surface area contributed by atoms with Crippen molar-refractivity contribution in [2.75, 3.05) is 11.9 Å². The van der Waals surface area contributed by atoms with Crippen LogP contribution in [0.3, 0.4) is 0 Å². The summed E-state index contributed by atoms with van der Waals surface area (Å²) in [5, 5.41) is 14.7. The molecule has 1 rings (SSSR count). The number of rotatable bonds is 7. The quantitative estimate of drug-likeness (QED) is 0.243. The van der Waals surface area contributed by atoms with Gasteiger partial charge in [0.1, 0.15) is 18.1 Å². The molecule has 1 amide bonds. The molecule has 2 N–H and O–H groups in total. The summed E-state index contributed by atoms with van der Waals surface area (Å²) >= 11 is 0. The standard InChI is InChI=1S/C11H11N3O4/c1-2-6-18-14-10(11(16)17)8-4-3-5-9(13-8)12-7-15/h2-5,7H,1,6H2,(H,16,17)(H,12,13,15)/b14-10-. The van der Waals surface area contributed by atoms with Gasteiger partial charge < -0.3 is 15.3 Å². The van der Waals surface area contributed by atoms with Crippen LogP contribution in [0.5, 0.6) is 0 Å². The van der Waals surface area contributed by atoms with Crippen LogP contribution in [0.15, 0.2) is 36.0 Å². The third-order valence-electron chi connectivity index (χ3n) is 1.75. The molecule has 0 saturated carbocycles. The largest absolute Gasteiger partial charge is 0.476 e. The molecule has 0 bridgehead atoms. The van der Waals surface area contributed by atoms with Crippen LogP contribution in [0, 0.1) is 0 Å². The molecule has 1 heterocycles. The van der Waals surface area contributed by atoms with Crippen LogP contribution < -0.4 is 5.32 Å². The van der Waals surface area contributed by atoms with Crippen LogP contribution in [-0.2, 0) is 14.4 Å². The van der Waals surface area contributed by atoms with Crippen molar-refractivity contribution in [3.05, 3.63) is 36.5 Å². The van der Waals surface area contributed by atoms with Crippen LogP contribution in [-0.4, -0.2) is 34.8 Å². The number of oxime groups is 1. The number of amides is 1. The first-order chi connectivity index (χ1) is 8.69. The topological polar surface area (TPSA) is 101 Å². The number of nitrogens with one attached hydrogen (secondary N) is 1. The van der Waals surface area contributed by atoms with E-state index in [1.165, 1.54) is 18.2 Å². The van der Waals surface area contributed by atoms with Gasteiger partial charge in [0.2, 0.25) is 12.1 Å². The fourth-order valence-electron chi connectivity index (χ4n) is 1.06. The molecule has 0 unspecified atom stereocenters. The van der Waals surface area contributed by atoms with Crippen LogP contribution in [0.2, 0.25) is 0 Å². The van der Waals surface area contributed by atoms with E-state index in [-0.39, 0.29) is 23.8 Å². The zero-order chi connectivity index (χ0) is 13.4. The minimum absolute atomic E-state index is 0.0819. The molecule has 0 radical (unpaired) electrons. The number of carbonyl (C=O) groups excluding carboxylic acids is 1. The van der Waals surface area contributed by atoms with Gasteiger partial charge in [-0.05, 0) is 12.1 Å². The van der Waals surface area contributed by atoms with Gasteiger partial charge in [-0.1, -0.05) is 23.9 Å². The minimum atomic E-state index is -1.28. The maximum Gasteiger partial charge on any atom is 0.360 e. The zero-order valence-corrected chi connectivity index (χ0v) is 9.37. The van der Waals surface area contributed by atoms with Crippen LogP contribution in [0.25, 0.3) is 0 Å². The zero-order valence-electron chi connectivity index (χ0n) is 9.37. The molecular weight excluding hydrogens is 238 g/mol. The highest BCUT2D eigenvalue weighted by atomic mass is 16.6. The molecule has 1 aromatic rings. The molecule has 1 aromatic heterocycles.